The number of hydrogen-bond donors (Lipinski definition) is 0. The van der Waals surface area contributed by atoms with Crippen LogP contribution in [-0.2, 0) is 0 Å². The van der Waals surface area contributed by atoms with E-state index in [0.717, 1.165) is 28.6 Å². The van der Waals surface area contributed by atoms with Gasteiger partial charge in [-0.1, -0.05) is 35.2 Å². The van der Waals surface area contributed by atoms with Crippen molar-refractivity contribution in [2.45, 2.75) is 44.9 Å². The van der Waals surface area contributed by atoms with Crippen LogP contribution in [0.15, 0.2) is 19.8 Å². The van der Waals surface area contributed by atoms with E-state index in [2.05, 4.69) is 15.9 Å². The van der Waals surface area contributed by atoms with Gasteiger partial charge in [0.25, 0.3) is 0 Å². The van der Waals surface area contributed by atoms with Crippen LogP contribution in [0.2, 0.25) is 0 Å². The molecule has 0 N–H and O–H groups in total. The summed E-state index contributed by atoms with van der Waals surface area (Å²) in [5.41, 5.74) is 0.842. The van der Waals surface area contributed by atoms with Crippen molar-refractivity contribution in [1.29, 1.82) is 0 Å². The lowest BCUT2D eigenvalue weighted by Gasteiger charge is -2.21. The second-order valence-corrected chi connectivity index (χ2v) is 5.09. The highest BCUT2D eigenvalue weighted by Crippen LogP contribution is 2.35. The summed E-state index contributed by atoms with van der Waals surface area (Å²) in [7, 11) is 0. The van der Waals surface area contributed by atoms with Gasteiger partial charge >= 0.3 is 5.63 Å². The molecule has 2 rings (SSSR count). The summed E-state index contributed by atoms with van der Waals surface area (Å²) in [6, 6.07) is 1.50. The topological polar surface area (TPSA) is 30.2 Å². The Morgan fingerprint density at radius 1 is 1.33 bits per heavy atom. The van der Waals surface area contributed by atoms with Crippen molar-refractivity contribution >= 4 is 15.9 Å². The van der Waals surface area contributed by atoms with E-state index in [1.165, 1.54) is 25.3 Å². The van der Waals surface area contributed by atoms with Crippen LogP contribution in [-0.4, -0.2) is 0 Å². The van der Waals surface area contributed by atoms with Gasteiger partial charge < -0.3 is 4.42 Å². The fourth-order valence-corrected chi connectivity index (χ4v) is 2.68. The Kier molecular flexibility index (Phi) is 3.29. The van der Waals surface area contributed by atoms with Crippen molar-refractivity contribution in [2.24, 2.45) is 0 Å². The van der Waals surface area contributed by atoms with E-state index in [9.17, 15) is 4.79 Å². The van der Waals surface area contributed by atoms with Crippen LogP contribution in [0, 0.1) is 6.92 Å². The second kappa shape index (κ2) is 4.52. The molecule has 82 valence electrons. The molecule has 0 radical (unpaired) electrons. The Labute approximate surface area is 97.8 Å². The van der Waals surface area contributed by atoms with E-state index in [-0.39, 0.29) is 5.63 Å². The summed E-state index contributed by atoms with van der Waals surface area (Å²) in [6.07, 6.45) is 6.12. The highest BCUT2D eigenvalue weighted by atomic mass is 79.9. The van der Waals surface area contributed by atoms with Crippen LogP contribution in [0.3, 0.4) is 0 Å². The Hall–Kier alpha value is -0.570. The molecule has 15 heavy (non-hydrogen) atoms. The molecule has 1 saturated carbocycles. The smallest absolute Gasteiger partial charge is 0.337 e. The Bertz CT molecular complexity index is 403. The summed E-state index contributed by atoms with van der Waals surface area (Å²) >= 11 is 3.40. The first kappa shape index (κ1) is 10.9. The summed E-state index contributed by atoms with van der Waals surface area (Å²) < 4.78 is 6.22. The molecule has 1 aliphatic carbocycles. The average molecular weight is 271 g/mol. The third kappa shape index (κ3) is 2.33. The fraction of sp³-hybridized carbons (Fsp3) is 0.583. The predicted molar refractivity (Wildman–Crippen MR) is 63.2 cm³/mol. The Balaban J connectivity index is 2.37. The molecule has 3 heteroatoms. The zero-order valence-corrected chi connectivity index (χ0v) is 10.5. The summed E-state index contributed by atoms with van der Waals surface area (Å²) in [6.45, 7) is 2.01. The van der Waals surface area contributed by atoms with Gasteiger partial charge in [-0.05, 0) is 19.8 Å². The molecule has 0 unspecified atom stereocenters. The Morgan fingerprint density at radius 3 is 2.67 bits per heavy atom. The van der Waals surface area contributed by atoms with Crippen molar-refractivity contribution in [2.75, 3.05) is 0 Å². The first-order valence-corrected chi connectivity index (χ1v) is 6.28. The highest BCUT2D eigenvalue weighted by Gasteiger charge is 2.21. The van der Waals surface area contributed by atoms with Gasteiger partial charge in [0.1, 0.15) is 5.76 Å². The molecule has 0 amide bonds. The van der Waals surface area contributed by atoms with Crippen LogP contribution in [0.25, 0.3) is 0 Å². The maximum Gasteiger partial charge on any atom is 0.337 e. The quantitative estimate of drug-likeness (QED) is 0.778. The molecule has 1 fully saturated rings. The normalized spacial score (nSPS) is 18.0. The van der Waals surface area contributed by atoms with Gasteiger partial charge in [0.2, 0.25) is 0 Å². The molecule has 0 spiro atoms. The van der Waals surface area contributed by atoms with Crippen molar-refractivity contribution < 1.29 is 4.42 Å². The van der Waals surface area contributed by atoms with Gasteiger partial charge in [0.05, 0.1) is 0 Å². The van der Waals surface area contributed by atoms with E-state index in [4.69, 9.17) is 4.42 Å². The molecular weight excluding hydrogens is 256 g/mol. The van der Waals surface area contributed by atoms with Gasteiger partial charge in [0, 0.05) is 22.0 Å². The zero-order chi connectivity index (χ0) is 10.8. The second-order valence-electron chi connectivity index (χ2n) is 4.24. The lowest BCUT2D eigenvalue weighted by molar-refractivity contribution is 0.351. The molecule has 0 saturated heterocycles. The number of halogens is 1. The van der Waals surface area contributed by atoms with Crippen LogP contribution in [0.1, 0.15) is 49.3 Å². The van der Waals surface area contributed by atoms with E-state index in [1.807, 2.05) is 6.92 Å². The maximum atomic E-state index is 11.3. The third-order valence-electron chi connectivity index (χ3n) is 3.16. The molecule has 0 atom stereocenters. The predicted octanol–water partition coefficient (Wildman–Crippen LogP) is 3.76. The monoisotopic (exact) mass is 270 g/mol. The summed E-state index contributed by atoms with van der Waals surface area (Å²) in [5.74, 6) is 1.35. The van der Waals surface area contributed by atoms with Gasteiger partial charge in [0.15, 0.2) is 0 Å². The first-order valence-electron chi connectivity index (χ1n) is 5.48. The standard InChI is InChI=1S/C12H15BrO2/c1-8-10(13)7-11(14)15-12(8)9-5-3-2-4-6-9/h7,9H,2-6H2,1H3. The van der Waals surface area contributed by atoms with E-state index >= 15 is 0 Å². The van der Waals surface area contributed by atoms with Crippen LogP contribution >= 0.6 is 15.9 Å². The van der Waals surface area contributed by atoms with E-state index in [1.54, 1.807) is 0 Å². The maximum absolute atomic E-state index is 11.3. The zero-order valence-electron chi connectivity index (χ0n) is 8.88. The molecule has 1 heterocycles. The minimum atomic E-state index is -0.243. The molecule has 1 aromatic rings. The van der Waals surface area contributed by atoms with Crippen molar-refractivity contribution in [3.05, 3.63) is 32.3 Å². The minimum absolute atomic E-state index is 0.243. The van der Waals surface area contributed by atoms with Crippen molar-refractivity contribution in [3.63, 3.8) is 0 Å². The summed E-state index contributed by atoms with van der Waals surface area (Å²) in [5, 5.41) is 0. The van der Waals surface area contributed by atoms with Gasteiger partial charge in [-0.2, -0.15) is 0 Å². The fourth-order valence-electron chi connectivity index (χ4n) is 2.30. The largest absolute Gasteiger partial charge is 0.427 e. The molecule has 0 aromatic carbocycles. The molecule has 0 aliphatic heterocycles. The van der Waals surface area contributed by atoms with E-state index in [0.29, 0.717) is 5.92 Å². The van der Waals surface area contributed by atoms with Gasteiger partial charge in [-0.3, -0.25) is 0 Å². The van der Waals surface area contributed by atoms with Gasteiger partial charge in [-0.15, -0.1) is 0 Å². The third-order valence-corrected chi connectivity index (χ3v) is 3.98. The van der Waals surface area contributed by atoms with Crippen LogP contribution in [0.5, 0.6) is 0 Å². The number of hydrogen-bond acceptors (Lipinski definition) is 2. The Morgan fingerprint density at radius 2 is 2.00 bits per heavy atom. The molecule has 0 bridgehead atoms. The SMILES string of the molecule is Cc1c(Br)cc(=O)oc1C1CCCCC1. The molecular formula is C12H15BrO2. The van der Waals surface area contributed by atoms with Crippen LogP contribution in [0.4, 0.5) is 0 Å². The van der Waals surface area contributed by atoms with Crippen LogP contribution < -0.4 is 5.63 Å². The van der Waals surface area contributed by atoms with Gasteiger partial charge in [-0.25, -0.2) is 4.79 Å². The van der Waals surface area contributed by atoms with E-state index < -0.39 is 0 Å². The lowest BCUT2D eigenvalue weighted by Crippen LogP contribution is -2.10. The molecule has 2 nitrogen and oxygen atoms in total. The minimum Gasteiger partial charge on any atom is -0.427 e. The highest BCUT2D eigenvalue weighted by molar-refractivity contribution is 9.10. The molecule has 1 aromatic heterocycles. The summed E-state index contributed by atoms with van der Waals surface area (Å²) in [4.78, 5) is 11.3. The van der Waals surface area contributed by atoms with Crippen molar-refractivity contribution in [3.8, 4) is 0 Å². The lowest BCUT2D eigenvalue weighted by atomic mass is 9.86. The number of rotatable bonds is 1. The first-order chi connectivity index (χ1) is 7.18. The average Bonchev–Trinajstić information content (AvgIpc) is 2.24. The molecule has 1 aliphatic rings. The van der Waals surface area contributed by atoms with Crippen molar-refractivity contribution in [1.82, 2.24) is 0 Å².